The molecule has 2 rings (SSSR count). The van der Waals surface area contributed by atoms with Crippen molar-refractivity contribution in [2.45, 2.75) is 6.54 Å². The van der Waals surface area contributed by atoms with Crippen molar-refractivity contribution in [1.82, 2.24) is 10.3 Å². The summed E-state index contributed by atoms with van der Waals surface area (Å²) in [5.41, 5.74) is 0.578. The van der Waals surface area contributed by atoms with Gasteiger partial charge in [0.05, 0.1) is 5.56 Å². The predicted octanol–water partition coefficient (Wildman–Crippen LogP) is 2.10. The van der Waals surface area contributed by atoms with E-state index in [1.165, 1.54) is 24.4 Å². The van der Waals surface area contributed by atoms with E-state index in [1.54, 1.807) is 12.1 Å². The van der Waals surface area contributed by atoms with Crippen LogP contribution < -0.4 is 10.9 Å². The van der Waals surface area contributed by atoms with E-state index in [9.17, 15) is 14.0 Å². The zero-order valence-electron chi connectivity index (χ0n) is 9.74. The number of hydrogen-bond donors (Lipinski definition) is 2. The van der Waals surface area contributed by atoms with Crippen LogP contribution in [0.5, 0.6) is 0 Å². The van der Waals surface area contributed by atoms with Gasteiger partial charge in [0.25, 0.3) is 11.5 Å². The molecule has 2 aromatic rings. The number of carbonyl (C=O) groups is 1. The third kappa shape index (κ3) is 3.42. The first-order valence-corrected chi connectivity index (χ1v) is 5.85. The Bertz CT molecular complexity index is 652. The highest BCUT2D eigenvalue weighted by molar-refractivity contribution is 6.30. The molecule has 6 heteroatoms. The molecule has 0 atom stereocenters. The average molecular weight is 281 g/mol. The summed E-state index contributed by atoms with van der Waals surface area (Å²) in [5.74, 6) is -0.704. The van der Waals surface area contributed by atoms with Gasteiger partial charge in [-0.15, -0.1) is 0 Å². The van der Waals surface area contributed by atoms with Crippen LogP contribution in [0.3, 0.4) is 0 Å². The van der Waals surface area contributed by atoms with Crippen molar-refractivity contribution in [3.8, 4) is 0 Å². The van der Waals surface area contributed by atoms with Gasteiger partial charge >= 0.3 is 0 Å². The average Bonchev–Trinajstić information content (AvgIpc) is 2.41. The largest absolute Gasteiger partial charge is 0.348 e. The number of nitrogens with one attached hydrogen (secondary N) is 2. The summed E-state index contributed by atoms with van der Waals surface area (Å²) in [6.45, 7) is 0.260. The lowest BCUT2D eigenvalue weighted by Gasteiger charge is -2.05. The highest BCUT2D eigenvalue weighted by Gasteiger charge is 2.07. The molecule has 98 valence electrons. The molecule has 1 amide bonds. The molecule has 1 heterocycles. The molecular formula is C13H10ClFN2O2. The van der Waals surface area contributed by atoms with E-state index in [4.69, 9.17) is 11.6 Å². The van der Waals surface area contributed by atoms with Crippen molar-refractivity contribution in [3.63, 3.8) is 0 Å². The minimum atomic E-state index is -0.447. The second-order valence-corrected chi connectivity index (χ2v) is 4.28. The first-order chi connectivity index (χ1) is 9.06. The molecule has 0 fully saturated rings. The summed E-state index contributed by atoms with van der Waals surface area (Å²) in [4.78, 5) is 25.2. The Morgan fingerprint density at radius 2 is 2.00 bits per heavy atom. The van der Waals surface area contributed by atoms with Crippen molar-refractivity contribution < 1.29 is 9.18 Å². The first kappa shape index (κ1) is 13.3. The van der Waals surface area contributed by atoms with Crippen LogP contribution in [0.25, 0.3) is 0 Å². The third-order valence-corrected chi connectivity index (χ3v) is 2.77. The second kappa shape index (κ2) is 5.67. The van der Waals surface area contributed by atoms with Crippen molar-refractivity contribution in [2.75, 3.05) is 0 Å². The Hall–Kier alpha value is -2.14. The standard InChI is InChI=1S/C13H10ClFN2O2/c14-11-5-9(7-17-13(11)19)12(18)16-6-8-1-3-10(15)4-2-8/h1-5,7H,6H2,(H,16,18)(H,17,19). The number of hydrogen-bond acceptors (Lipinski definition) is 2. The lowest BCUT2D eigenvalue weighted by Crippen LogP contribution is -2.24. The molecular weight excluding hydrogens is 271 g/mol. The number of pyridine rings is 1. The van der Waals surface area contributed by atoms with E-state index in [2.05, 4.69) is 10.3 Å². The van der Waals surface area contributed by atoms with Crippen LogP contribution in [0.2, 0.25) is 5.02 Å². The molecule has 0 saturated heterocycles. The first-order valence-electron chi connectivity index (χ1n) is 5.47. The third-order valence-electron chi connectivity index (χ3n) is 2.49. The fourth-order valence-electron chi connectivity index (χ4n) is 1.47. The number of rotatable bonds is 3. The monoisotopic (exact) mass is 280 g/mol. The summed E-state index contributed by atoms with van der Waals surface area (Å²) in [6, 6.07) is 7.09. The van der Waals surface area contributed by atoms with Gasteiger partial charge in [-0.05, 0) is 23.8 Å². The number of benzene rings is 1. The number of aromatic amines is 1. The predicted molar refractivity (Wildman–Crippen MR) is 69.6 cm³/mol. The quantitative estimate of drug-likeness (QED) is 0.904. The van der Waals surface area contributed by atoms with Crippen molar-refractivity contribution in [1.29, 1.82) is 0 Å². The van der Waals surface area contributed by atoms with E-state index >= 15 is 0 Å². The number of carbonyl (C=O) groups excluding carboxylic acids is 1. The zero-order chi connectivity index (χ0) is 13.8. The Labute approximate surface area is 113 Å². The minimum absolute atomic E-state index is 0.0468. The Balaban J connectivity index is 2.03. The van der Waals surface area contributed by atoms with Crippen LogP contribution in [0.15, 0.2) is 41.3 Å². The van der Waals surface area contributed by atoms with Gasteiger partial charge < -0.3 is 10.3 Å². The van der Waals surface area contributed by atoms with Gasteiger partial charge in [-0.25, -0.2) is 4.39 Å². The Morgan fingerprint density at radius 3 is 2.63 bits per heavy atom. The van der Waals surface area contributed by atoms with Gasteiger partial charge in [0, 0.05) is 12.7 Å². The van der Waals surface area contributed by atoms with Crippen molar-refractivity contribution in [2.24, 2.45) is 0 Å². The Morgan fingerprint density at radius 1 is 1.32 bits per heavy atom. The summed E-state index contributed by atoms with van der Waals surface area (Å²) in [7, 11) is 0. The molecule has 1 aromatic heterocycles. The molecule has 0 aliphatic heterocycles. The van der Waals surface area contributed by atoms with Crippen LogP contribution in [0, 0.1) is 5.82 Å². The molecule has 19 heavy (non-hydrogen) atoms. The van der Waals surface area contributed by atoms with E-state index < -0.39 is 5.56 Å². The smallest absolute Gasteiger partial charge is 0.266 e. The molecule has 0 saturated carbocycles. The number of halogens is 2. The Kier molecular flexibility index (Phi) is 3.97. The molecule has 2 N–H and O–H groups in total. The zero-order valence-corrected chi connectivity index (χ0v) is 10.5. The topological polar surface area (TPSA) is 62.0 Å². The van der Waals surface area contributed by atoms with E-state index in [1.807, 2.05) is 0 Å². The maximum atomic E-state index is 12.7. The molecule has 0 bridgehead atoms. The van der Waals surface area contributed by atoms with Gasteiger partial charge in [0.15, 0.2) is 0 Å². The van der Waals surface area contributed by atoms with Gasteiger partial charge in [-0.1, -0.05) is 23.7 Å². The van der Waals surface area contributed by atoms with Crippen LogP contribution in [-0.4, -0.2) is 10.9 Å². The van der Waals surface area contributed by atoms with Crippen LogP contribution in [0.1, 0.15) is 15.9 Å². The number of H-pyrrole nitrogens is 1. The molecule has 1 aromatic carbocycles. The normalized spacial score (nSPS) is 10.2. The van der Waals surface area contributed by atoms with E-state index in [0.29, 0.717) is 0 Å². The van der Waals surface area contributed by atoms with E-state index in [0.717, 1.165) is 5.56 Å². The van der Waals surface area contributed by atoms with Crippen LogP contribution >= 0.6 is 11.6 Å². The van der Waals surface area contributed by atoms with Gasteiger partial charge in [-0.2, -0.15) is 0 Å². The molecule has 0 radical (unpaired) electrons. The van der Waals surface area contributed by atoms with Gasteiger partial charge in [-0.3, -0.25) is 9.59 Å². The molecule has 0 aliphatic rings. The highest BCUT2D eigenvalue weighted by Crippen LogP contribution is 2.05. The second-order valence-electron chi connectivity index (χ2n) is 3.87. The summed E-state index contributed by atoms with van der Waals surface area (Å²) >= 11 is 5.63. The van der Waals surface area contributed by atoms with Crippen molar-refractivity contribution in [3.05, 3.63) is 68.8 Å². The SMILES string of the molecule is O=C(NCc1ccc(F)cc1)c1c[nH]c(=O)c(Cl)c1. The summed E-state index contributed by atoms with van der Waals surface area (Å²) < 4.78 is 12.7. The molecule has 0 aliphatic carbocycles. The number of aromatic nitrogens is 1. The fourth-order valence-corrected chi connectivity index (χ4v) is 1.65. The fraction of sp³-hybridized carbons (Fsp3) is 0.0769. The molecule has 4 nitrogen and oxygen atoms in total. The molecule has 0 spiro atoms. The number of amides is 1. The van der Waals surface area contributed by atoms with E-state index in [-0.39, 0.29) is 28.9 Å². The lowest BCUT2D eigenvalue weighted by molar-refractivity contribution is 0.0950. The lowest BCUT2D eigenvalue weighted by atomic mass is 10.2. The van der Waals surface area contributed by atoms with Crippen LogP contribution in [0.4, 0.5) is 4.39 Å². The van der Waals surface area contributed by atoms with Gasteiger partial charge in [0.2, 0.25) is 0 Å². The summed E-state index contributed by atoms with van der Waals surface area (Å²) in [5, 5.41) is 2.59. The maximum absolute atomic E-state index is 12.7. The van der Waals surface area contributed by atoms with Crippen LogP contribution in [-0.2, 0) is 6.54 Å². The minimum Gasteiger partial charge on any atom is -0.348 e. The summed E-state index contributed by atoms with van der Waals surface area (Å²) in [6.07, 6.45) is 1.29. The van der Waals surface area contributed by atoms with Crippen molar-refractivity contribution >= 4 is 17.5 Å². The highest BCUT2D eigenvalue weighted by atomic mass is 35.5. The molecule has 0 unspecified atom stereocenters. The van der Waals surface area contributed by atoms with Gasteiger partial charge in [0.1, 0.15) is 10.8 Å². The maximum Gasteiger partial charge on any atom is 0.266 e.